The first-order valence-corrected chi connectivity index (χ1v) is 8.92. The molecule has 1 spiro atoms. The highest BCUT2D eigenvalue weighted by Crippen LogP contribution is 2.44. The van der Waals surface area contributed by atoms with Crippen LogP contribution in [0.2, 0.25) is 0 Å². The van der Waals surface area contributed by atoms with Gasteiger partial charge in [0.1, 0.15) is 0 Å². The predicted molar refractivity (Wildman–Crippen MR) is 79.6 cm³/mol. The number of hydrogen-bond acceptors (Lipinski definition) is 4. The lowest BCUT2D eigenvalue weighted by Crippen LogP contribution is -2.50. The van der Waals surface area contributed by atoms with Crippen LogP contribution in [0.25, 0.3) is 0 Å². The number of nitrogens with one attached hydrogen (secondary N) is 1. The van der Waals surface area contributed by atoms with Crippen LogP contribution in [0.3, 0.4) is 0 Å². The Kier molecular flexibility index (Phi) is 4.73. The molecule has 19 heavy (non-hydrogen) atoms. The highest BCUT2D eigenvalue weighted by atomic mass is 32.2. The third kappa shape index (κ3) is 3.29. The van der Waals surface area contributed by atoms with E-state index in [4.69, 9.17) is 9.47 Å². The van der Waals surface area contributed by atoms with Crippen molar-refractivity contribution in [3.8, 4) is 0 Å². The normalized spacial score (nSPS) is 35.2. The molecule has 2 unspecified atom stereocenters. The lowest BCUT2D eigenvalue weighted by Gasteiger charge is -2.42. The summed E-state index contributed by atoms with van der Waals surface area (Å²) in [5.74, 6) is -0.234. The summed E-state index contributed by atoms with van der Waals surface area (Å²) in [5.41, 5.74) is 0. The molecule has 1 saturated heterocycles. The van der Waals surface area contributed by atoms with Crippen LogP contribution >= 0.6 is 11.8 Å². The van der Waals surface area contributed by atoms with Crippen LogP contribution in [0.4, 0.5) is 0 Å². The lowest BCUT2D eigenvalue weighted by atomic mass is 9.89. The van der Waals surface area contributed by atoms with E-state index < -0.39 is 0 Å². The molecule has 3 fully saturated rings. The molecule has 0 amide bonds. The van der Waals surface area contributed by atoms with Crippen molar-refractivity contribution in [1.82, 2.24) is 5.32 Å². The molecule has 3 nitrogen and oxygen atoms in total. The number of ether oxygens (including phenoxy) is 2. The van der Waals surface area contributed by atoms with Gasteiger partial charge >= 0.3 is 0 Å². The van der Waals surface area contributed by atoms with E-state index in [2.05, 4.69) is 24.0 Å². The Balaban J connectivity index is 1.63. The van der Waals surface area contributed by atoms with Gasteiger partial charge in [-0.3, -0.25) is 0 Å². The van der Waals surface area contributed by atoms with Gasteiger partial charge in [0.2, 0.25) is 0 Å². The van der Waals surface area contributed by atoms with Gasteiger partial charge in [-0.1, -0.05) is 19.8 Å². The van der Waals surface area contributed by atoms with Crippen molar-refractivity contribution in [2.24, 2.45) is 0 Å². The third-order valence-electron chi connectivity index (χ3n) is 4.75. The first kappa shape index (κ1) is 14.2. The fourth-order valence-corrected chi connectivity index (χ4v) is 5.65. The zero-order valence-corrected chi connectivity index (χ0v) is 12.8. The summed E-state index contributed by atoms with van der Waals surface area (Å²) in [6.07, 6.45) is 9.00. The van der Waals surface area contributed by atoms with E-state index in [0.29, 0.717) is 11.3 Å². The minimum Gasteiger partial charge on any atom is -0.347 e. The molecule has 0 aromatic carbocycles. The van der Waals surface area contributed by atoms with Crippen molar-refractivity contribution in [2.45, 2.75) is 74.2 Å². The predicted octanol–water partition coefficient (Wildman–Crippen LogP) is 2.94. The monoisotopic (exact) mass is 285 g/mol. The molecule has 1 aliphatic heterocycles. The van der Waals surface area contributed by atoms with Gasteiger partial charge < -0.3 is 14.8 Å². The second-order valence-corrected chi connectivity index (χ2v) is 7.64. The molecule has 0 aromatic rings. The number of rotatable bonds is 4. The van der Waals surface area contributed by atoms with Gasteiger partial charge in [0.05, 0.1) is 13.2 Å². The third-order valence-corrected chi connectivity index (χ3v) is 6.45. The zero-order chi connectivity index (χ0) is 13.1. The van der Waals surface area contributed by atoms with Gasteiger partial charge in [-0.2, -0.15) is 11.8 Å². The van der Waals surface area contributed by atoms with Gasteiger partial charge in [-0.15, -0.1) is 0 Å². The molecule has 1 N–H and O–H groups in total. The molecule has 0 radical (unpaired) electrons. The summed E-state index contributed by atoms with van der Waals surface area (Å²) in [6.45, 7) is 4.85. The molecule has 110 valence electrons. The summed E-state index contributed by atoms with van der Waals surface area (Å²) in [6, 6.07) is 0.647. The van der Waals surface area contributed by atoms with Crippen LogP contribution in [0.15, 0.2) is 0 Å². The van der Waals surface area contributed by atoms with E-state index in [9.17, 15) is 0 Å². The van der Waals surface area contributed by atoms with Gasteiger partial charge in [0.15, 0.2) is 5.79 Å². The molecule has 4 heteroatoms. The largest absolute Gasteiger partial charge is 0.347 e. The van der Waals surface area contributed by atoms with E-state index in [-0.39, 0.29) is 5.79 Å². The van der Waals surface area contributed by atoms with Crippen LogP contribution in [-0.2, 0) is 9.47 Å². The molecule has 2 atom stereocenters. The van der Waals surface area contributed by atoms with E-state index in [1.807, 2.05) is 0 Å². The molecular formula is C15H27NO2S. The van der Waals surface area contributed by atoms with E-state index in [1.165, 1.54) is 32.1 Å². The van der Waals surface area contributed by atoms with E-state index in [0.717, 1.165) is 37.9 Å². The zero-order valence-electron chi connectivity index (χ0n) is 12.0. The molecule has 1 heterocycles. The van der Waals surface area contributed by atoms with Crippen LogP contribution in [0.1, 0.15) is 51.9 Å². The maximum Gasteiger partial charge on any atom is 0.169 e. The van der Waals surface area contributed by atoms with Gasteiger partial charge in [0.25, 0.3) is 0 Å². The van der Waals surface area contributed by atoms with Crippen LogP contribution in [0.5, 0.6) is 0 Å². The molecule has 3 aliphatic rings. The fraction of sp³-hybridized carbons (Fsp3) is 1.00. The van der Waals surface area contributed by atoms with E-state index >= 15 is 0 Å². The summed E-state index contributed by atoms with van der Waals surface area (Å²) < 4.78 is 11.9. The average molecular weight is 285 g/mol. The maximum absolute atomic E-state index is 5.94. The fourth-order valence-electron chi connectivity index (χ4n) is 3.78. The SMILES string of the molecule is CCNC1CCC2(CC1SC1CCCC1)OCCO2. The van der Waals surface area contributed by atoms with Gasteiger partial charge in [-0.25, -0.2) is 0 Å². The van der Waals surface area contributed by atoms with Crippen LogP contribution in [0, 0.1) is 0 Å². The first-order chi connectivity index (χ1) is 9.31. The van der Waals surface area contributed by atoms with Crippen molar-refractivity contribution < 1.29 is 9.47 Å². The quantitative estimate of drug-likeness (QED) is 0.860. The Morgan fingerprint density at radius 1 is 1.16 bits per heavy atom. The molecule has 3 rings (SSSR count). The minimum absolute atomic E-state index is 0.234. The van der Waals surface area contributed by atoms with Crippen molar-refractivity contribution >= 4 is 11.8 Å². The Labute approximate surface area is 121 Å². The molecule has 2 aliphatic carbocycles. The van der Waals surface area contributed by atoms with Crippen molar-refractivity contribution in [1.29, 1.82) is 0 Å². The lowest BCUT2D eigenvalue weighted by molar-refractivity contribution is -0.178. The van der Waals surface area contributed by atoms with Crippen LogP contribution in [-0.4, -0.2) is 42.1 Å². The standard InChI is InChI=1S/C15H27NO2S/c1-2-16-13-7-8-15(17-9-10-18-15)11-14(13)19-12-5-3-4-6-12/h12-14,16H,2-11H2,1H3. The summed E-state index contributed by atoms with van der Waals surface area (Å²) >= 11 is 2.21. The Morgan fingerprint density at radius 3 is 2.58 bits per heavy atom. The maximum atomic E-state index is 5.94. The van der Waals surface area contributed by atoms with E-state index in [1.54, 1.807) is 0 Å². The smallest absolute Gasteiger partial charge is 0.169 e. The summed E-state index contributed by atoms with van der Waals surface area (Å²) in [7, 11) is 0. The van der Waals surface area contributed by atoms with Crippen molar-refractivity contribution in [2.75, 3.05) is 19.8 Å². The topological polar surface area (TPSA) is 30.5 Å². The average Bonchev–Trinajstić information content (AvgIpc) is 3.06. The highest BCUT2D eigenvalue weighted by molar-refractivity contribution is 8.00. The minimum atomic E-state index is -0.234. The summed E-state index contributed by atoms with van der Waals surface area (Å²) in [5, 5.41) is 5.22. The van der Waals surface area contributed by atoms with Crippen molar-refractivity contribution in [3.05, 3.63) is 0 Å². The Hall–Kier alpha value is 0.230. The molecular weight excluding hydrogens is 258 g/mol. The van der Waals surface area contributed by atoms with Gasteiger partial charge in [-0.05, 0) is 25.8 Å². The Bertz CT molecular complexity index is 288. The van der Waals surface area contributed by atoms with Gasteiger partial charge in [0, 0.05) is 29.4 Å². The molecule has 2 saturated carbocycles. The second kappa shape index (κ2) is 6.33. The number of hydrogen-bond donors (Lipinski definition) is 1. The molecule has 0 aromatic heterocycles. The summed E-state index contributed by atoms with van der Waals surface area (Å²) in [4.78, 5) is 0. The first-order valence-electron chi connectivity index (χ1n) is 7.98. The molecule has 0 bridgehead atoms. The number of thioether (sulfide) groups is 1. The van der Waals surface area contributed by atoms with Crippen molar-refractivity contribution in [3.63, 3.8) is 0 Å². The Morgan fingerprint density at radius 2 is 1.89 bits per heavy atom. The highest BCUT2D eigenvalue weighted by Gasteiger charge is 2.45. The second-order valence-electron chi connectivity index (χ2n) is 6.10. The van der Waals surface area contributed by atoms with Crippen LogP contribution < -0.4 is 5.32 Å².